The topological polar surface area (TPSA) is 70.1 Å². The van der Waals surface area contributed by atoms with Gasteiger partial charge in [0.05, 0.1) is 17.6 Å². The molecule has 6 heteroatoms. The molecule has 36 heavy (non-hydrogen) atoms. The van der Waals surface area contributed by atoms with Gasteiger partial charge in [0.15, 0.2) is 0 Å². The van der Waals surface area contributed by atoms with Crippen molar-refractivity contribution in [2.75, 3.05) is 39.8 Å². The number of rotatable bonds is 6. The van der Waals surface area contributed by atoms with Crippen LogP contribution in [0, 0.1) is 45.8 Å². The van der Waals surface area contributed by atoms with Gasteiger partial charge in [-0.3, -0.25) is 9.69 Å². The Morgan fingerprint density at radius 2 is 1.97 bits per heavy atom. The average Bonchev–Trinajstić information content (AvgIpc) is 3.53. The number of aldehydes is 1. The number of ether oxygens (including phenoxy) is 1. The van der Waals surface area contributed by atoms with Crippen molar-refractivity contribution in [3.05, 3.63) is 11.6 Å². The third-order valence-corrected chi connectivity index (χ3v) is 12.0. The summed E-state index contributed by atoms with van der Waals surface area (Å²) in [6, 6.07) is 0. The Balaban J connectivity index is 1.38. The lowest BCUT2D eigenvalue weighted by Crippen LogP contribution is -2.65. The van der Waals surface area contributed by atoms with Crippen LogP contribution in [0.4, 0.5) is 0 Å². The van der Waals surface area contributed by atoms with Gasteiger partial charge in [0, 0.05) is 25.0 Å². The first kappa shape index (κ1) is 25.1. The molecule has 6 nitrogen and oxygen atoms in total. The molecule has 9 atom stereocenters. The summed E-state index contributed by atoms with van der Waals surface area (Å²) in [5.41, 5.74) is -1.37. The van der Waals surface area contributed by atoms with Crippen molar-refractivity contribution in [1.82, 2.24) is 9.80 Å². The minimum absolute atomic E-state index is 0.0821. The second kappa shape index (κ2) is 8.64. The van der Waals surface area contributed by atoms with E-state index < -0.39 is 22.2 Å². The molecule has 2 heterocycles. The third-order valence-electron chi connectivity index (χ3n) is 12.0. The second-order valence-corrected chi connectivity index (χ2v) is 13.7. The van der Waals surface area contributed by atoms with Crippen molar-refractivity contribution in [1.29, 1.82) is 0 Å². The second-order valence-electron chi connectivity index (χ2n) is 13.7. The van der Waals surface area contributed by atoms with Gasteiger partial charge in [-0.05, 0) is 88.3 Å². The molecule has 3 saturated carbocycles. The first-order valence-corrected chi connectivity index (χ1v) is 14.7. The monoisotopic (exact) mass is 498 g/mol. The number of nitrogens with zero attached hydrogens (tertiary/aromatic N) is 2. The number of carbonyl (C=O) groups is 2. The highest BCUT2D eigenvalue weighted by Gasteiger charge is 2.86. The lowest BCUT2D eigenvalue weighted by atomic mass is 9.41. The van der Waals surface area contributed by atoms with Crippen molar-refractivity contribution >= 4 is 12.3 Å². The average molecular weight is 499 g/mol. The van der Waals surface area contributed by atoms with Gasteiger partial charge < -0.3 is 19.5 Å². The van der Waals surface area contributed by atoms with Gasteiger partial charge in [-0.2, -0.15) is 0 Å². The van der Waals surface area contributed by atoms with Crippen LogP contribution in [0.25, 0.3) is 0 Å². The van der Waals surface area contributed by atoms with Gasteiger partial charge in [-0.15, -0.1) is 0 Å². The summed E-state index contributed by atoms with van der Waals surface area (Å²) in [7, 11) is 2.20. The smallest absolute Gasteiger partial charge is 0.315 e. The maximum absolute atomic E-state index is 13.7. The molecule has 0 aromatic carbocycles. The van der Waals surface area contributed by atoms with E-state index in [9.17, 15) is 14.7 Å². The molecule has 0 aromatic rings. The van der Waals surface area contributed by atoms with Crippen LogP contribution in [0.15, 0.2) is 11.6 Å². The fraction of sp³-hybridized carbons (Fsp3) is 0.867. The van der Waals surface area contributed by atoms with Gasteiger partial charge >= 0.3 is 5.97 Å². The van der Waals surface area contributed by atoms with Crippen molar-refractivity contribution in [3.63, 3.8) is 0 Å². The number of carbonyl (C=O) groups excluding carboxylic acids is 1. The van der Waals surface area contributed by atoms with Gasteiger partial charge in [0.25, 0.3) is 0 Å². The number of aliphatic carboxylic acids is 1. The SMILES string of the molecule is CC(C)C1=CC2CC3(C=O)[C@@H]4CC[C@@H](C)[C@H]4CC2(C2CCC(CN4CCCN(C)CC4)O2)C13C(=O)O. The number of hydrogen-bond donors (Lipinski definition) is 1. The van der Waals surface area contributed by atoms with E-state index in [1.165, 1.54) is 6.42 Å². The Morgan fingerprint density at radius 3 is 2.69 bits per heavy atom. The normalized spacial score (nSPS) is 48.8. The third kappa shape index (κ3) is 3.01. The number of fused-ring (bicyclic) bond motifs is 2. The Hall–Kier alpha value is -1.24. The highest BCUT2D eigenvalue weighted by atomic mass is 16.5. The van der Waals surface area contributed by atoms with Crippen molar-refractivity contribution in [2.45, 2.75) is 77.9 Å². The Kier molecular flexibility index (Phi) is 6.01. The molecule has 1 N–H and O–H groups in total. The van der Waals surface area contributed by atoms with Crippen LogP contribution in [0.2, 0.25) is 0 Å². The molecule has 0 spiro atoms. The van der Waals surface area contributed by atoms with Gasteiger partial charge in [0.2, 0.25) is 0 Å². The van der Waals surface area contributed by atoms with E-state index in [2.05, 4.69) is 43.7 Å². The predicted octanol–water partition coefficient (Wildman–Crippen LogP) is 4.10. The molecule has 0 amide bonds. The zero-order valence-corrected chi connectivity index (χ0v) is 22.7. The summed E-state index contributed by atoms with van der Waals surface area (Å²) in [4.78, 5) is 31.9. The summed E-state index contributed by atoms with van der Waals surface area (Å²) in [6.07, 6.45) is 10.3. The maximum atomic E-state index is 13.7. The van der Waals surface area contributed by atoms with E-state index >= 15 is 0 Å². The summed E-state index contributed by atoms with van der Waals surface area (Å²) in [5, 5.41) is 11.2. The molecular formula is C30H46N2O4. The van der Waals surface area contributed by atoms with Crippen LogP contribution in [0.5, 0.6) is 0 Å². The standard InChI is InChI=1S/C30H46N2O4/c1-19(2)25-14-21-15-28(18-33)24-8-6-20(3)23(24)16-29(21,30(25,28)27(34)35)26-9-7-22(36-26)17-32-11-5-10-31(4)12-13-32/h14,18-24,26H,5-13,15-17H2,1-4H3,(H,34,35)/t20-,21?,22?,23-,24-,26?,28?,29?,30?/m1/s1. The highest BCUT2D eigenvalue weighted by Crippen LogP contribution is 2.84. The van der Waals surface area contributed by atoms with Crippen LogP contribution < -0.4 is 0 Å². The summed E-state index contributed by atoms with van der Waals surface area (Å²) in [5.74, 6) is 0.655. The first-order valence-electron chi connectivity index (χ1n) is 14.7. The molecule has 6 unspecified atom stereocenters. The van der Waals surface area contributed by atoms with E-state index in [1.54, 1.807) is 0 Å². The molecule has 4 bridgehead atoms. The zero-order chi connectivity index (χ0) is 25.5. The fourth-order valence-corrected chi connectivity index (χ4v) is 10.6. The maximum Gasteiger partial charge on any atom is 0.315 e. The molecule has 2 aliphatic heterocycles. The minimum atomic E-state index is -1.11. The largest absolute Gasteiger partial charge is 0.481 e. The Bertz CT molecular complexity index is 949. The van der Waals surface area contributed by atoms with Crippen LogP contribution in [0.3, 0.4) is 0 Å². The van der Waals surface area contributed by atoms with Crippen LogP contribution in [-0.2, 0) is 14.3 Å². The van der Waals surface area contributed by atoms with E-state index in [1.807, 2.05) is 0 Å². The number of carboxylic acids is 1. The molecule has 0 aromatic heterocycles. The number of carboxylic acid groups (broad SMARTS) is 1. The van der Waals surface area contributed by atoms with Crippen LogP contribution >= 0.6 is 0 Å². The van der Waals surface area contributed by atoms with Gasteiger partial charge in [0.1, 0.15) is 11.7 Å². The molecule has 2 saturated heterocycles. The lowest BCUT2D eigenvalue weighted by molar-refractivity contribution is -0.197. The number of hydrogen-bond acceptors (Lipinski definition) is 5. The predicted molar refractivity (Wildman–Crippen MR) is 138 cm³/mol. The number of allylic oxidation sites excluding steroid dienone is 1. The molecule has 0 radical (unpaired) electrons. The molecule has 4 aliphatic carbocycles. The molecular weight excluding hydrogens is 452 g/mol. The van der Waals surface area contributed by atoms with Crippen LogP contribution in [0.1, 0.15) is 65.7 Å². The fourth-order valence-electron chi connectivity index (χ4n) is 10.6. The molecule has 200 valence electrons. The molecule has 5 fully saturated rings. The minimum Gasteiger partial charge on any atom is -0.481 e. The highest BCUT2D eigenvalue weighted by molar-refractivity contribution is 5.90. The quantitative estimate of drug-likeness (QED) is 0.439. The van der Waals surface area contributed by atoms with E-state index in [0.717, 1.165) is 76.7 Å². The van der Waals surface area contributed by atoms with E-state index in [4.69, 9.17) is 4.74 Å². The summed E-state index contributed by atoms with van der Waals surface area (Å²) < 4.78 is 6.98. The van der Waals surface area contributed by atoms with Gasteiger partial charge in [-0.25, -0.2) is 0 Å². The van der Waals surface area contributed by atoms with E-state index in [0.29, 0.717) is 18.3 Å². The molecule has 6 rings (SSSR count). The van der Waals surface area contributed by atoms with Crippen molar-refractivity contribution in [2.24, 2.45) is 45.8 Å². The van der Waals surface area contributed by atoms with Crippen LogP contribution in [-0.4, -0.2) is 79.1 Å². The lowest BCUT2D eigenvalue weighted by Gasteiger charge is -2.60. The summed E-state index contributed by atoms with van der Waals surface area (Å²) in [6.45, 7) is 12.0. The van der Waals surface area contributed by atoms with E-state index in [-0.39, 0.29) is 30.0 Å². The molecule has 6 aliphatic rings. The first-order chi connectivity index (χ1) is 17.2. The Labute approximate surface area is 216 Å². The zero-order valence-electron chi connectivity index (χ0n) is 22.7. The van der Waals surface area contributed by atoms with Crippen molar-refractivity contribution in [3.8, 4) is 0 Å². The number of likely N-dealkylation sites (N-methyl/N-ethyl adjacent to an activating group) is 1. The Morgan fingerprint density at radius 1 is 1.17 bits per heavy atom. The van der Waals surface area contributed by atoms with Gasteiger partial charge in [-0.1, -0.05) is 38.8 Å². The van der Waals surface area contributed by atoms with Crippen molar-refractivity contribution < 1.29 is 19.4 Å². The summed E-state index contributed by atoms with van der Waals surface area (Å²) >= 11 is 0.